The van der Waals surface area contributed by atoms with Gasteiger partial charge in [-0.1, -0.05) is 39.0 Å². The van der Waals surface area contributed by atoms with Gasteiger partial charge in [-0.25, -0.2) is 0 Å². The van der Waals surface area contributed by atoms with Crippen LogP contribution in [-0.4, -0.2) is 26.2 Å². The summed E-state index contributed by atoms with van der Waals surface area (Å²) in [5, 5.41) is 3.60. The first-order chi connectivity index (χ1) is 9.18. The molecule has 0 spiro atoms. The van der Waals surface area contributed by atoms with Crippen LogP contribution in [0.4, 0.5) is 5.69 Å². The molecule has 1 aromatic rings. The highest BCUT2D eigenvalue weighted by molar-refractivity contribution is 5.57. The molecule has 106 valence electrons. The second-order valence-corrected chi connectivity index (χ2v) is 6.14. The van der Waals surface area contributed by atoms with Crippen LogP contribution in [0.15, 0.2) is 24.3 Å². The Morgan fingerprint density at radius 1 is 1.26 bits per heavy atom. The number of benzene rings is 1. The number of hydrogen-bond donors (Lipinski definition) is 1. The van der Waals surface area contributed by atoms with Crippen molar-refractivity contribution in [3.8, 4) is 0 Å². The average Bonchev–Trinajstić information content (AvgIpc) is 2.82. The molecule has 0 amide bonds. The number of fused-ring (bicyclic) bond motifs is 1. The van der Waals surface area contributed by atoms with Gasteiger partial charge in [0.25, 0.3) is 0 Å². The quantitative estimate of drug-likeness (QED) is 0.755. The van der Waals surface area contributed by atoms with Crippen molar-refractivity contribution in [2.24, 2.45) is 5.41 Å². The van der Waals surface area contributed by atoms with Crippen LogP contribution in [0, 0.1) is 5.41 Å². The second-order valence-electron chi connectivity index (χ2n) is 6.14. The van der Waals surface area contributed by atoms with Crippen molar-refractivity contribution < 1.29 is 0 Å². The van der Waals surface area contributed by atoms with Crippen molar-refractivity contribution >= 4 is 5.69 Å². The minimum atomic E-state index is 0.368. The normalized spacial score (nSPS) is 17.3. The van der Waals surface area contributed by atoms with E-state index in [2.05, 4.69) is 55.3 Å². The molecule has 0 aliphatic carbocycles. The van der Waals surface area contributed by atoms with Crippen LogP contribution in [0.25, 0.3) is 0 Å². The second kappa shape index (κ2) is 6.42. The average molecular weight is 260 g/mol. The van der Waals surface area contributed by atoms with Gasteiger partial charge >= 0.3 is 0 Å². The highest BCUT2D eigenvalue weighted by atomic mass is 15.2. The van der Waals surface area contributed by atoms with Gasteiger partial charge in [0.1, 0.15) is 0 Å². The van der Waals surface area contributed by atoms with Crippen molar-refractivity contribution in [3.63, 3.8) is 0 Å². The summed E-state index contributed by atoms with van der Waals surface area (Å²) < 4.78 is 0. The monoisotopic (exact) mass is 260 g/mol. The van der Waals surface area contributed by atoms with Gasteiger partial charge in [0, 0.05) is 25.3 Å². The SMILES string of the molecule is CCCNCC(C)(CC)CN1CCc2ccccc21. The van der Waals surface area contributed by atoms with Crippen molar-refractivity contribution in [3.05, 3.63) is 29.8 Å². The molecule has 0 aromatic heterocycles. The fourth-order valence-corrected chi connectivity index (χ4v) is 2.89. The molecule has 0 radical (unpaired) electrons. The first kappa shape index (κ1) is 14.4. The molecule has 19 heavy (non-hydrogen) atoms. The molecule has 1 unspecified atom stereocenters. The molecule has 0 saturated heterocycles. The van der Waals surface area contributed by atoms with Crippen molar-refractivity contribution in [1.29, 1.82) is 0 Å². The summed E-state index contributed by atoms with van der Waals surface area (Å²) in [7, 11) is 0. The molecule has 0 bridgehead atoms. The fourth-order valence-electron chi connectivity index (χ4n) is 2.89. The Morgan fingerprint density at radius 2 is 2.05 bits per heavy atom. The third kappa shape index (κ3) is 3.50. The van der Waals surface area contributed by atoms with E-state index in [0.29, 0.717) is 5.41 Å². The molecule has 1 aromatic carbocycles. The molecule has 1 N–H and O–H groups in total. The van der Waals surface area contributed by atoms with Crippen molar-refractivity contribution in [2.75, 3.05) is 31.1 Å². The largest absolute Gasteiger partial charge is 0.370 e. The molecule has 0 fully saturated rings. The highest BCUT2D eigenvalue weighted by Crippen LogP contribution is 2.31. The van der Waals surface area contributed by atoms with Crippen LogP contribution in [0.1, 0.15) is 39.2 Å². The lowest BCUT2D eigenvalue weighted by molar-refractivity contribution is 0.297. The summed E-state index contributed by atoms with van der Waals surface area (Å²) in [4.78, 5) is 2.58. The molecular formula is C17H28N2. The number of rotatable bonds is 7. The van der Waals surface area contributed by atoms with Gasteiger partial charge in [-0.15, -0.1) is 0 Å². The van der Waals surface area contributed by atoms with E-state index in [0.717, 1.165) is 19.6 Å². The van der Waals surface area contributed by atoms with E-state index in [9.17, 15) is 0 Å². The predicted octanol–water partition coefficient (Wildman–Crippen LogP) is 3.47. The molecule has 1 aliphatic heterocycles. The molecule has 2 rings (SSSR count). The molecule has 1 atom stereocenters. The molecular weight excluding hydrogens is 232 g/mol. The van der Waals surface area contributed by atoms with E-state index in [1.54, 1.807) is 0 Å². The number of hydrogen-bond acceptors (Lipinski definition) is 2. The number of nitrogens with zero attached hydrogens (tertiary/aromatic N) is 1. The summed E-state index contributed by atoms with van der Waals surface area (Å²) in [6, 6.07) is 8.87. The summed E-state index contributed by atoms with van der Waals surface area (Å²) >= 11 is 0. The van der Waals surface area contributed by atoms with Crippen LogP contribution in [-0.2, 0) is 6.42 Å². The Labute approximate surface area is 118 Å². The van der Waals surface area contributed by atoms with Crippen molar-refractivity contribution in [1.82, 2.24) is 5.32 Å². The minimum absolute atomic E-state index is 0.368. The van der Waals surface area contributed by atoms with Crippen LogP contribution in [0.5, 0.6) is 0 Å². The predicted molar refractivity (Wildman–Crippen MR) is 83.9 cm³/mol. The highest BCUT2D eigenvalue weighted by Gasteiger charge is 2.28. The number of anilines is 1. The molecule has 1 heterocycles. The third-order valence-corrected chi connectivity index (χ3v) is 4.39. The zero-order chi connectivity index (χ0) is 13.7. The third-order valence-electron chi connectivity index (χ3n) is 4.39. The standard InChI is InChI=1S/C17H28N2/c1-4-11-18-13-17(3,5-2)14-19-12-10-15-8-6-7-9-16(15)19/h6-9,18H,4-5,10-14H2,1-3H3. The Kier molecular flexibility index (Phi) is 4.87. The van der Waals surface area contributed by atoms with E-state index in [-0.39, 0.29) is 0 Å². The van der Waals surface area contributed by atoms with Gasteiger partial charge in [-0.2, -0.15) is 0 Å². The van der Waals surface area contributed by atoms with E-state index in [4.69, 9.17) is 0 Å². The van der Waals surface area contributed by atoms with Gasteiger partial charge < -0.3 is 10.2 Å². The molecule has 1 aliphatic rings. The summed E-state index contributed by atoms with van der Waals surface area (Å²) in [6.07, 6.45) is 3.65. The van der Waals surface area contributed by atoms with Crippen molar-refractivity contribution in [2.45, 2.75) is 40.0 Å². The Balaban J connectivity index is 1.99. The lowest BCUT2D eigenvalue weighted by atomic mass is 9.86. The maximum absolute atomic E-state index is 3.60. The minimum Gasteiger partial charge on any atom is -0.370 e. The van der Waals surface area contributed by atoms with Crippen LogP contribution in [0.2, 0.25) is 0 Å². The molecule has 2 nitrogen and oxygen atoms in total. The van der Waals surface area contributed by atoms with E-state index >= 15 is 0 Å². The van der Waals surface area contributed by atoms with Crippen LogP contribution < -0.4 is 10.2 Å². The summed E-state index contributed by atoms with van der Waals surface area (Å²) in [5.74, 6) is 0. The summed E-state index contributed by atoms with van der Waals surface area (Å²) in [6.45, 7) is 11.6. The zero-order valence-corrected chi connectivity index (χ0v) is 12.7. The molecule has 2 heteroatoms. The fraction of sp³-hybridized carbons (Fsp3) is 0.647. The van der Waals surface area contributed by atoms with Crippen LogP contribution >= 0.6 is 0 Å². The maximum Gasteiger partial charge on any atom is 0.0399 e. The van der Waals surface area contributed by atoms with Gasteiger partial charge in [0.2, 0.25) is 0 Å². The number of para-hydroxylation sites is 1. The van der Waals surface area contributed by atoms with E-state index < -0.39 is 0 Å². The topological polar surface area (TPSA) is 15.3 Å². The Bertz CT molecular complexity index is 402. The van der Waals surface area contributed by atoms with Gasteiger partial charge in [0.15, 0.2) is 0 Å². The van der Waals surface area contributed by atoms with Gasteiger partial charge in [-0.05, 0) is 42.9 Å². The van der Waals surface area contributed by atoms with E-state index in [1.165, 1.54) is 37.1 Å². The Morgan fingerprint density at radius 3 is 2.79 bits per heavy atom. The van der Waals surface area contributed by atoms with Gasteiger partial charge in [0.05, 0.1) is 0 Å². The lowest BCUT2D eigenvalue weighted by Crippen LogP contribution is -2.41. The smallest absolute Gasteiger partial charge is 0.0399 e. The zero-order valence-electron chi connectivity index (χ0n) is 12.7. The maximum atomic E-state index is 3.60. The first-order valence-corrected chi connectivity index (χ1v) is 7.72. The lowest BCUT2D eigenvalue weighted by Gasteiger charge is -2.34. The Hall–Kier alpha value is -1.02. The summed E-state index contributed by atoms with van der Waals surface area (Å²) in [5.41, 5.74) is 3.34. The van der Waals surface area contributed by atoms with E-state index in [1.807, 2.05) is 0 Å². The first-order valence-electron chi connectivity index (χ1n) is 7.72. The number of nitrogens with one attached hydrogen (secondary N) is 1. The van der Waals surface area contributed by atoms with Gasteiger partial charge in [-0.3, -0.25) is 0 Å². The van der Waals surface area contributed by atoms with Crippen LogP contribution in [0.3, 0.4) is 0 Å². The molecule has 0 saturated carbocycles.